The zero-order valence-corrected chi connectivity index (χ0v) is 22.8. The lowest BCUT2D eigenvalue weighted by molar-refractivity contribution is 0.0734. The highest BCUT2D eigenvalue weighted by Gasteiger charge is 2.20. The fourth-order valence-electron chi connectivity index (χ4n) is 5.17. The number of hydrogen-bond acceptors (Lipinski definition) is 4. The number of allylic oxidation sites excluding steroid dienone is 1. The van der Waals surface area contributed by atoms with Crippen LogP contribution < -0.4 is 14.2 Å². The summed E-state index contributed by atoms with van der Waals surface area (Å²) < 4.78 is 17.2. The number of benzene rings is 2. The van der Waals surface area contributed by atoms with Gasteiger partial charge in [0.15, 0.2) is 0 Å². The van der Waals surface area contributed by atoms with E-state index in [2.05, 4.69) is 13.5 Å². The molecule has 1 fully saturated rings. The number of hydrogen-bond donors (Lipinski definition) is 0. The lowest BCUT2D eigenvalue weighted by Crippen LogP contribution is -2.15. The Balaban J connectivity index is 1.30. The maximum absolute atomic E-state index is 12.5. The first-order valence-electron chi connectivity index (χ1n) is 14.5. The molecule has 4 heteroatoms. The van der Waals surface area contributed by atoms with Gasteiger partial charge in [0.05, 0.1) is 18.8 Å². The molecule has 0 bridgehead atoms. The molecule has 4 nitrogen and oxygen atoms in total. The summed E-state index contributed by atoms with van der Waals surface area (Å²) in [7, 11) is 0. The molecule has 3 rings (SSSR count). The van der Waals surface area contributed by atoms with E-state index in [0.29, 0.717) is 17.9 Å². The largest absolute Gasteiger partial charge is 0.494 e. The maximum Gasteiger partial charge on any atom is 0.343 e. The number of carbonyl (C=O) groups is 1. The summed E-state index contributed by atoms with van der Waals surface area (Å²) in [6.07, 6.45) is 18.3. The highest BCUT2D eigenvalue weighted by Crippen LogP contribution is 2.33. The van der Waals surface area contributed by atoms with Crippen molar-refractivity contribution in [3.63, 3.8) is 0 Å². The zero-order valence-electron chi connectivity index (χ0n) is 22.8. The number of carbonyl (C=O) groups excluding carboxylic acids is 1. The molecule has 2 aromatic rings. The van der Waals surface area contributed by atoms with Crippen LogP contribution in [0.15, 0.2) is 61.2 Å². The molecule has 1 saturated carbocycles. The van der Waals surface area contributed by atoms with E-state index in [1.807, 2.05) is 30.3 Å². The van der Waals surface area contributed by atoms with Crippen molar-refractivity contribution in [1.29, 1.82) is 0 Å². The van der Waals surface area contributed by atoms with Crippen LogP contribution >= 0.6 is 0 Å². The average molecular weight is 507 g/mol. The molecule has 0 radical (unpaired) electrons. The molecule has 0 atom stereocenters. The Morgan fingerprint density at radius 1 is 0.757 bits per heavy atom. The van der Waals surface area contributed by atoms with Crippen molar-refractivity contribution < 1.29 is 19.0 Å². The van der Waals surface area contributed by atoms with Gasteiger partial charge >= 0.3 is 5.97 Å². The fraction of sp³-hybridized carbons (Fsp3) is 0.545. The van der Waals surface area contributed by atoms with E-state index in [4.69, 9.17) is 14.2 Å². The van der Waals surface area contributed by atoms with Crippen LogP contribution in [-0.4, -0.2) is 19.2 Å². The second-order valence-corrected chi connectivity index (χ2v) is 10.4. The van der Waals surface area contributed by atoms with Gasteiger partial charge in [0.1, 0.15) is 17.2 Å². The smallest absolute Gasteiger partial charge is 0.343 e. The maximum atomic E-state index is 12.5. The zero-order chi connectivity index (χ0) is 26.1. The summed E-state index contributed by atoms with van der Waals surface area (Å²) in [6.45, 7) is 7.46. The second kappa shape index (κ2) is 16.9. The van der Waals surface area contributed by atoms with E-state index in [0.717, 1.165) is 55.6 Å². The van der Waals surface area contributed by atoms with Gasteiger partial charge in [0.2, 0.25) is 0 Å². The normalized spacial score (nSPS) is 17.2. The topological polar surface area (TPSA) is 44.8 Å². The first-order chi connectivity index (χ1) is 18.2. The van der Waals surface area contributed by atoms with Gasteiger partial charge in [-0.15, -0.1) is 6.58 Å². The van der Waals surface area contributed by atoms with E-state index in [9.17, 15) is 4.79 Å². The minimum Gasteiger partial charge on any atom is -0.494 e. The van der Waals surface area contributed by atoms with Crippen LogP contribution in [0.4, 0.5) is 0 Å². The summed E-state index contributed by atoms with van der Waals surface area (Å²) in [5, 5.41) is 0. The van der Waals surface area contributed by atoms with Gasteiger partial charge in [-0.25, -0.2) is 4.79 Å². The molecule has 202 valence electrons. The number of esters is 1. The summed E-state index contributed by atoms with van der Waals surface area (Å²) in [4.78, 5) is 12.5. The lowest BCUT2D eigenvalue weighted by atomic mass is 9.78. The van der Waals surface area contributed by atoms with Crippen molar-refractivity contribution in [2.45, 2.75) is 90.4 Å². The minimum atomic E-state index is -0.379. The van der Waals surface area contributed by atoms with Gasteiger partial charge in [-0.2, -0.15) is 0 Å². The molecule has 37 heavy (non-hydrogen) atoms. The third-order valence-electron chi connectivity index (χ3n) is 7.38. The highest BCUT2D eigenvalue weighted by atomic mass is 16.5. The van der Waals surface area contributed by atoms with E-state index >= 15 is 0 Å². The van der Waals surface area contributed by atoms with Crippen LogP contribution in [0.2, 0.25) is 0 Å². The predicted octanol–water partition coefficient (Wildman–Crippen LogP) is 9.19. The summed E-state index contributed by atoms with van der Waals surface area (Å²) >= 11 is 0. The molecule has 0 spiro atoms. The van der Waals surface area contributed by atoms with Crippen LogP contribution in [0.25, 0.3) is 0 Å². The fourth-order valence-corrected chi connectivity index (χ4v) is 5.17. The quantitative estimate of drug-likeness (QED) is 0.0928. The van der Waals surface area contributed by atoms with Gasteiger partial charge in [0.25, 0.3) is 0 Å². The third-order valence-corrected chi connectivity index (χ3v) is 7.38. The van der Waals surface area contributed by atoms with Crippen LogP contribution in [0, 0.1) is 11.8 Å². The molecule has 0 N–H and O–H groups in total. The van der Waals surface area contributed by atoms with Crippen molar-refractivity contribution in [3.05, 3.63) is 66.7 Å². The molecular weight excluding hydrogens is 460 g/mol. The Labute approximate surface area is 224 Å². The van der Waals surface area contributed by atoms with Crippen LogP contribution in [0.3, 0.4) is 0 Å². The number of unbranched alkanes of at least 4 members (excludes halogenated alkanes) is 4. The molecule has 1 aliphatic carbocycles. The Morgan fingerprint density at radius 2 is 1.30 bits per heavy atom. The van der Waals surface area contributed by atoms with Gasteiger partial charge < -0.3 is 14.2 Å². The van der Waals surface area contributed by atoms with Crippen molar-refractivity contribution in [2.75, 3.05) is 13.2 Å². The Hall–Kier alpha value is -2.75. The number of ether oxygens (including phenoxy) is 3. The summed E-state index contributed by atoms with van der Waals surface area (Å²) in [5.74, 6) is 3.56. The standard InChI is InChI=1S/C33H46O4/c1-3-5-6-7-8-9-25-35-30-19-17-29(18-20-30)33(34)37-32-23-21-31(22-24-32)36-26-10-12-28-15-13-27(11-4-2)14-16-28/h3,17-24,27-28H,1,4-16,25-26H2,2H3/t27-,28-. The first kappa shape index (κ1) is 28.8. The van der Waals surface area contributed by atoms with E-state index in [1.165, 1.54) is 57.8 Å². The minimum absolute atomic E-state index is 0.379. The van der Waals surface area contributed by atoms with Gasteiger partial charge in [-0.05, 0) is 92.5 Å². The molecule has 0 saturated heterocycles. The average Bonchev–Trinajstić information content (AvgIpc) is 2.93. The molecule has 2 aromatic carbocycles. The van der Waals surface area contributed by atoms with Gasteiger partial charge in [-0.1, -0.05) is 64.4 Å². The van der Waals surface area contributed by atoms with Crippen LogP contribution in [0.5, 0.6) is 17.2 Å². The van der Waals surface area contributed by atoms with Gasteiger partial charge in [-0.3, -0.25) is 0 Å². The van der Waals surface area contributed by atoms with E-state index < -0.39 is 0 Å². The SMILES string of the molecule is C=CCCCCCCOc1ccc(C(=O)Oc2ccc(OCCC[C@H]3CC[C@H](CCC)CC3)cc2)cc1. The van der Waals surface area contributed by atoms with Crippen molar-refractivity contribution >= 4 is 5.97 Å². The first-order valence-corrected chi connectivity index (χ1v) is 14.5. The predicted molar refractivity (Wildman–Crippen MR) is 152 cm³/mol. The highest BCUT2D eigenvalue weighted by molar-refractivity contribution is 5.91. The molecule has 0 heterocycles. The summed E-state index contributed by atoms with van der Waals surface area (Å²) in [5.41, 5.74) is 0.501. The lowest BCUT2D eigenvalue weighted by Gasteiger charge is -2.28. The van der Waals surface area contributed by atoms with E-state index in [1.54, 1.807) is 24.3 Å². The molecule has 0 amide bonds. The summed E-state index contributed by atoms with van der Waals surface area (Å²) in [6, 6.07) is 14.4. The van der Waals surface area contributed by atoms with Crippen molar-refractivity contribution in [3.8, 4) is 17.2 Å². The molecule has 0 unspecified atom stereocenters. The van der Waals surface area contributed by atoms with Crippen LogP contribution in [0.1, 0.15) is 101 Å². The Bertz CT molecular complexity index is 895. The third kappa shape index (κ3) is 11.0. The Morgan fingerprint density at radius 3 is 1.92 bits per heavy atom. The Kier molecular flexibility index (Phi) is 13.2. The van der Waals surface area contributed by atoms with Crippen LogP contribution in [-0.2, 0) is 0 Å². The van der Waals surface area contributed by atoms with Gasteiger partial charge in [0, 0.05) is 0 Å². The second-order valence-electron chi connectivity index (χ2n) is 10.4. The molecular formula is C33H46O4. The molecule has 0 aromatic heterocycles. The monoisotopic (exact) mass is 506 g/mol. The molecule has 0 aliphatic heterocycles. The van der Waals surface area contributed by atoms with Crippen molar-refractivity contribution in [1.82, 2.24) is 0 Å². The number of rotatable bonds is 17. The van der Waals surface area contributed by atoms with Crippen molar-refractivity contribution in [2.24, 2.45) is 11.8 Å². The molecule has 1 aliphatic rings. The van der Waals surface area contributed by atoms with E-state index in [-0.39, 0.29) is 5.97 Å².